The SMILES string of the molecule is Cc1ccc(C)c(-c2csc([C@@H]3CN(Cc4ccccc4)CCO3)n2)c1. The Morgan fingerprint density at radius 3 is 2.85 bits per heavy atom. The number of aryl methyl sites for hydroxylation is 2. The molecule has 134 valence electrons. The molecule has 3 nitrogen and oxygen atoms in total. The molecule has 0 bridgehead atoms. The van der Waals surface area contributed by atoms with Gasteiger partial charge in [-0.25, -0.2) is 4.98 Å². The van der Waals surface area contributed by atoms with Crippen molar-refractivity contribution in [3.63, 3.8) is 0 Å². The van der Waals surface area contributed by atoms with Crippen molar-refractivity contribution in [2.75, 3.05) is 19.7 Å². The van der Waals surface area contributed by atoms with E-state index in [0.717, 1.165) is 36.9 Å². The molecule has 3 aromatic rings. The van der Waals surface area contributed by atoms with Crippen LogP contribution in [0.25, 0.3) is 11.3 Å². The third-order valence-electron chi connectivity index (χ3n) is 4.87. The first-order chi connectivity index (χ1) is 12.7. The molecule has 26 heavy (non-hydrogen) atoms. The highest BCUT2D eigenvalue weighted by Gasteiger charge is 2.25. The van der Waals surface area contributed by atoms with Gasteiger partial charge >= 0.3 is 0 Å². The van der Waals surface area contributed by atoms with E-state index in [4.69, 9.17) is 9.72 Å². The largest absolute Gasteiger partial charge is 0.368 e. The predicted molar refractivity (Wildman–Crippen MR) is 107 cm³/mol. The highest BCUT2D eigenvalue weighted by atomic mass is 32.1. The molecular weight excluding hydrogens is 340 g/mol. The van der Waals surface area contributed by atoms with Crippen molar-refractivity contribution in [2.24, 2.45) is 0 Å². The van der Waals surface area contributed by atoms with Crippen LogP contribution in [0.1, 0.15) is 27.8 Å². The number of morpholine rings is 1. The van der Waals surface area contributed by atoms with Crippen LogP contribution in [0.2, 0.25) is 0 Å². The minimum Gasteiger partial charge on any atom is -0.368 e. The Kier molecular flexibility index (Phi) is 5.16. The minimum atomic E-state index is 0.0660. The van der Waals surface area contributed by atoms with Crippen molar-refractivity contribution < 1.29 is 4.74 Å². The van der Waals surface area contributed by atoms with Gasteiger partial charge in [0.2, 0.25) is 0 Å². The Balaban J connectivity index is 1.49. The summed E-state index contributed by atoms with van der Waals surface area (Å²) in [6.45, 7) is 7.87. The van der Waals surface area contributed by atoms with Crippen LogP contribution in [0.15, 0.2) is 53.9 Å². The van der Waals surface area contributed by atoms with Crippen molar-refractivity contribution >= 4 is 11.3 Å². The fraction of sp³-hybridized carbons (Fsp3) is 0.318. The number of benzene rings is 2. The van der Waals surface area contributed by atoms with Crippen LogP contribution in [0.5, 0.6) is 0 Å². The van der Waals surface area contributed by atoms with E-state index < -0.39 is 0 Å². The summed E-state index contributed by atoms with van der Waals surface area (Å²) in [6.07, 6.45) is 0.0660. The molecule has 4 heteroatoms. The van der Waals surface area contributed by atoms with Crippen LogP contribution in [-0.2, 0) is 11.3 Å². The smallest absolute Gasteiger partial charge is 0.124 e. The molecule has 0 amide bonds. The third kappa shape index (κ3) is 3.88. The Hall–Kier alpha value is -2.01. The number of ether oxygens (including phenoxy) is 1. The van der Waals surface area contributed by atoms with Gasteiger partial charge in [-0.05, 0) is 31.0 Å². The van der Waals surface area contributed by atoms with Gasteiger partial charge in [-0.1, -0.05) is 48.0 Å². The van der Waals surface area contributed by atoms with Gasteiger partial charge < -0.3 is 4.74 Å². The molecule has 1 fully saturated rings. The summed E-state index contributed by atoms with van der Waals surface area (Å²) in [5.41, 5.74) is 6.17. The van der Waals surface area contributed by atoms with Crippen LogP contribution in [-0.4, -0.2) is 29.6 Å². The second-order valence-electron chi connectivity index (χ2n) is 6.97. The number of hydrogen-bond donors (Lipinski definition) is 0. The van der Waals surface area contributed by atoms with Crippen molar-refractivity contribution in [3.8, 4) is 11.3 Å². The number of thiazole rings is 1. The van der Waals surface area contributed by atoms with E-state index in [9.17, 15) is 0 Å². The van der Waals surface area contributed by atoms with Gasteiger partial charge in [0.05, 0.1) is 12.3 Å². The van der Waals surface area contributed by atoms with Gasteiger partial charge in [0, 0.05) is 30.6 Å². The molecule has 0 saturated carbocycles. The van der Waals surface area contributed by atoms with E-state index in [-0.39, 0.29) is 6.10 Å². The highest BCUT2D eigenvalue weighted by Crippen LogP contribution is 2.31. The van der Waals surface area contributed by atoms with Crippen molar-refractivity contribution in [1.29, 1.82) is 0 Å². The zero-order chi connectivity index (χ0) is 17.9. The van der Waals surface area contributed by atoms with Crippen LogP contribution in [0.3, 0.4) is 0 Å². The van der Waals surface area contributed by atoms with Crippen molar-refractivity contribution in [1.82, 2.24) is 9.88 Å². The van der Waals surface area contributed by atoms with Gasteiger partial charge in [0.25, 0.3) is 0 Å². The van der Waals surface area contributed by atoms with Crippen LogP contribution >= 0.6 is 11.3 Å². The summed E-state index contributed by atoms with van der Waals surface area (Å²) < 4.78 is 6.04. The first kappa shape index (κ1) is 17.4. The molecule has 1 saturated heterocycles. The van der Waals surface area contributed by atoms with Gasteiger partial charge in [0.15, 0.2) is 0 Å². The van der Waals surface area contributed by atoms with Crippen LogP contribution in [0, 0.1) is 13.8 Å². The number of rotatable bonds is 4. The monoisotopic (exact) mass is 364 g/mol. The molecular formula is C22H24N2OS. The summed E-state index contributed by atoms with van der Waals surface area (Å²) in [7, 11) is 0. The molecule has 1 aliphatic rings. The van der Waals surface area contributed by atoms with E-state index in [1.807, 2.05) is 0 Å². The minimum absolute atomic E-state index is 0.0660. The molecule has 1 aliphatic heterocycles. The topological polar surface area (TPSA) is 25.4 Å². The fourth-order valence-corrected chi connectivity index (χ4v) is 4.27. The molecule has 4 rings (SSSR count). The maximum absolute atomic E-state index is 6.04. The Bertz CT molecular complexity index is 875. The fourth-order valence-electron chi connectivity index (χ4n) is 3.41. The van der Waals surface area contributed by atoms with Crippen LogP contribution < -0.4 is 0 Å². The Morgan fingerprint density at radius 2 is 2.00 bits per heavy atom. The molecule has 0 unspecified atom stereocenters. The summed E-state index contributed by atoms with van der Waals surface area (Å²) in [5, 5.41) is 3.25. The van der Waals surface area contributed by atoms with E-state index in [2.05, 4.69) is 72.7 Å². The van der Waals surface area contributed by atoms with Crippen LogP contribution in [0.4, 0.5) is 0 Å². The summed E-state index contributed by atoms with van der Waals surface area (Å²) in [4.78, 5) is 7.38. The standard InChI is InChI=1S/C22H24N2OS/c1-16-8-9-17(2)19(12-16)20-15-26-22(23-20)21-14-24(10-11-25-21)13-18-6-4-3-5-7-18/h3-9,12,15,21H,10-11,13-14H2,1-2H3/t21-/m0/s1. The zero-order valence-corrected chi connectivity index (χ0v) is 16.1. The third-order valence-corrected chi connectivity index (χ3v) is 5.80. The number of hydrogen-bond acceptors (Lipinski definition) is 4. The highest BCUT2D eigenvalue weighted by molar-refractivity contribution is 7.10. The van der Waals surface area contributed by atoms with Crippen molar-refractivity contribution in [3.05, 3.63) is 75.6 Å². The molecule has 2 heterocycles. The lowest BCUT2D eigenvalue weighted by Gasteiger charge is -2.32. The predicted octanol–water partition coefficient (Wildman–Crippen LogP) is 5.00. The van der Waals surface area contributed by atoms with Crippen molar-refractivity contribution in [2.45, 2.75) is 26.5 Å². The molecule has 2 aromatic carbocycles. The first-order valence-corrected chi connectivity index (χ1v) is 9.98. The molecule has 1 aromatic heterocycles. The lowest BCUT2D eigenvalue weighted by Crippen LogP contribution is -2.37. The van der Waals surface area contributed by atoms with Gasteiger partial charge in [-0.3, -0.25) is 4.90 Å². The quantitative estimate of drug-likeness (QED) is 0.651. The summed E-state index contributed by atoms with van der Waals surface area (Å²) in [5.74, 6) is 0. The molecule has 0 aliphatic carbocycles. The lowest BCUT2D eigenvalue weighted by atomic mass is 10.0. The Labute approximate surface area is 159 Å². The Morgan fingerprint density at radius 1 is 1.15 bits per heavy atom. The average molecular weight is 365 g/mol. The van der Waals surface area contributed by atoms with Gasteiger partial charge in [0.1, 0.15) is 11.1 Å². The summed E-state index contributed by atoms with van der Waals surface area (Å²) >= 11 is 1.71. The number of aromatic nitrogens is 1. The normalized spacial score (nSPS) is 18.2. The number of nitrogens with zero attached hydrogens (tertiary/aromatic N) is 2. The molecule has 1 atom stereocenters. The second-order valence-corrected chi connectivity index (χ2v) is 7.86. The summed E-state index contributed by atoms with van der Waals surface area (Å²) in [6, 6.07) is 17.2. The maximum Gasteiger partial charge on any atom is 0.124 e. The van der Waals surface area contributed by atoms with E-state index in [1.54, 1.807) is 11.3 Å². The molecule has 0 spiro atoms. The van der Waals surface area contributed by atoms with Gasteiger partial charge in [-0.2, -0.15) is 0 Å². The zero-order valence-electron chi connectivity index (χ0n) is 15.3. The molecule has 0 N–H and O–H groups in total. The van der Waals surface area contributed by atoms with E-state index in [1.165, 1.54) is 22.3 Å². The lowest BCUT2D eigenvalue weighted by molar-refractivity contribution is -0.0329. The van der Waals surface area contributed by atoms with Gasteiger partial charge in [-0.15, -0.1) is 11.3 Å². The second kappa shape index (κ2) is 7.70. The molecule has 0 radical (unpaired) electrons. The van der Waals surface area contributed by atoms with E-state index >= 15 is 0 Å². The van der Waals surface area contributed by atoms with E-state index in [0.29, 0.717) is 0 Å². The first-order valence-electron chi connectivity index (χ1n) is 9.10. The maximum atomic E-state index is 6.04. The average Bonchev–Trinajstić information content (AvgIpc) is 3.15.